The molecule has 0 radical (unpaired) electrons. The molecule has 0 amide bonds. The molecule has 6 nitrogen and oxygen atoms in total. The predicted octanol–water partition coefficient (Wildman–Crippen LogP) is 3.71. The van der Waals surface area contributed by atoms with Gasteiger partial charge in [0.15, 0.2) is 5.96 Å². The van der Waals surface area contributed by atoms with Gasteiger partial charge in [0, 0.05) is 36.9 Å². The summed E-state index contributed by atoms with van der Waals surface area (Å²) in [6.45, 7) is 8.52. The summed E-state index contributed by atoms with van der Waals surface area (Å²) in [6, 6.07) is 4.22. The van der Waals surface area contributed by atoms with Crippen LogP contribution in [0.5, 0.6) is 0 Å². The molecule has 0 saturated carbocycles. The Bertz CT molecular complexity index is 726. The smallest absolute Gasteiger partial charge is 0.191 e. The average Bonchev–Trinajstić information content (AvgIpc) is 3.10. The molecular formula is C19H29IN6S. The molecule has 0 aliphatic carbocycles. The molecule has 3 rings (SSSR count). The summed E-state index contributed by atoms with van der Waals surface area (Å²) < 4.78 is 0. The fraction of sp³-hybridized carbons (Fsp3) is 0.526. The Morgan fingerprint density at radius 2 is 2.04 bits per heavy atom. The first kappa shape index (κ1) is 21.9. The number of aryl methyl sites for hydroxylation is 1. The van der Waals surface area contributed by atoms with E-state index in [0.717, 1.165) is 36.4 Å². The van der Waals surface area contributed by atoms with E-state index in [1.165, 1.54) is 29.7 Å². The number of rotatable bonds is 6. The van der Waals surface area contributed by atoms with Crippen molar-refractivity contribution in [1.29, 1.82) is 0 Å². The number of nitrogens with one attached hydrogen (secondary N) is 2. The van der Waals surface area contributed by atoms with Gasteiger partial charge in [0.25, 0.3) is 0 Å². The standard InChI is InChI=1S/C19H28N6S.HI/c1-3-20-19(24-14-18-22-12-15(2)26-18)23-13-16-7-8-21-17(11-16)25-9-5-4-6-10-25;/h7-8,11-12H,3-6,9-10,13-14H2,1-2H3,(H2,20,23,24);1H. The number of pyridine rings is 1. The molecule has 148 valence electrons. The molecule has 2 aromatic heterocycles. The zero-order valence-electron chi connectivity index (χ0n) is 16.1. The minimum Gasteiger partial charge on any atom is -0.357 e. The molecule has 0 atom stereocenters. The number of hydrogen-bond donors (Lipinski definition) is 2. The van der Waals surface area contributed by atoms with Crippen molar-refractivity contribution in [2.45, 2.75) is 46.2 Å². The highest BCUT2D eigenvalue weighted by molar-refractivity contribution is 14.0. The highest BCUT2D eigenvalue weighted by Crippen LogP contribution is 2.18. The monoisotopic (exact) mass is 500 g/mol. The van der Waals surface area contributed by atoms with Gasteiger partial charge in [-0.15, -0.1) is 35.3 Å². The fourth-order valence-electron chi connectivity index (χ4n) is 3.01. The lowest BCUT2D eigenvalue weighted by molar-refractivity contribution is 0.573. The Morgan fingerprint density at radius 3 is 2.74 bits per heavy atom. The van der Waals surface area contributed by atoms with Crippen LogP contribution in [0.3, 0.4) is 0 Å². The van der Waals surface area contributed by atoms with Crippen molar-refractivity contribution >= 4 is 47.1 Å². The van der Waals surface area contributed by atoms with Gasteiger partial charge in [-0.1, -0.05) is 0 Å². The maximum absolute atomic E-state index is 4.72. The molecule has 0 bridgehead atoms. The topological polar surface area (TPSA) is 65.4 Å². The summed E-state index contributed by atoms with van der Waals surface area (Å²) in [5.41, 5.74) is 1.18. The van der Waals surface area contributed by atoms with E-state index in [1.807, 2.05) is 18.5 Å². The van der Waals surface area contributed by atoms with Crippen LogP contribution < -0.4 is 15.5 Å². The third-order valence-corrected chi connectivity index (χ3v) is 5.24. The number of aliphatic imine (C=N–C) groups is 1. The molecule has 8 heteroatoms. The largest absolute Gasteiger partial charge is 0.357 e. The van der Waals surface area contributed by atoms with Crippen LogP contribution in [-0.4, -0.2) is 35.6 Å². The van der Waals surface area contributed by atoms with Gasteiger partial charge < -0.3 is 15.5 Å². The summed E-state index contributed by atoms with van der Waals surface area (Å²) in [5, 5.41) is 7.73. The summed E-state index contributed by atoms with van der Waals surface area (Å²) in [6.07, 6.45) is 7.65. The van der Waals surface area contributed by atoms with E-state index in [0.29, 0.717) is 13.1 Å². The first-order valence-corrected chi connectivity index (χ1v) is 10.2. The summed E-state index contributed by atoms with van der Waals surface area (Å²) in [5.74, 6) is 1.89. The van der Waals surface area contributed by atoms with Crippen LogP contribution in [-0.2, 0) is 13.1 Å². The quantitative estimate of drug-likeness (QED) is 0.360. The molecule has 1 aliphatic heterocycles. The maximum Gasteiger partial charge on any atom is 0.191 e. The van der Waals surface area contributed by atoms with E-state index in [4.69, 9.17) is 4.99 Å². The second kappa shape index (κ2) is 11.4. The van der Waals surface area contributed by atoms with E-state index in [9.17, 15) is 0 Å². The van der Waals surface area contributed by atoms with Crippen LogP contribution in [0.2, 0.25) is 0 Å². The van der Waals surface area contributed by atoms with Gasteiger partial charge >= 0.3 is 0 Å². The number of guanidine groups is 1. The summed E-state index contributed by atoms with van der Waals surface area (Å²) >= 11 is 1.71. The van der Waals surface area contributed by atoms with Crippen LogP contribution in [0.4, 0.5) is 5.82 Å². The second-order valence-electron chi connectivity index (χ2n) is 6.48. The van der Waals surface area contributed by atoms with Crippen molar-refractivity contribution in [3.05, 3.63) is 40.0 Å². The fourth-order valence-corrected chi connectivity index (χ4v) is 3.74. The van der Waals surface area contributed by atoms with Crippen molar-refractivity contribution in [2.75, 3.05) is 24.5 Å². The predicted molar refractivity (Wildman–Crippen MR) is 124 cm³/mol. The van der Waals surface area contributed by atoms with Crippen LogP contribution in [0, 0.1) is 6.92 Å². The number of anilines is 1. The van der Waals surface area contributed by atoms with Crippen LogP contribution >= 0.6 is 35.3 Å². The Hall–Kier alpha value is -1.42. The van der Waals surface area contributed by atoms with Gasteiger partial charge in [-0.2, -0.15) is 0 Å². The number of hydrogen-bond acceptors (Lipinski definition) is 5. The molecule has 1 saturated heterocycles. The molecular weight excluding hydrogens is 471 g/mol. The minimum absolute atomic E-state index is 0. The highest BCUT2D eigenvalue weighted by Gasteiger charge is 2.12. The van der Waals surface area contributed by atoms with Gasteiger partial charge in [-0.05, 0) is 50.8 Å². The maximum atomic E-state index is 4.72. The zero-order chi connectivity index (χ0) is 18.2. The van der Waals surface area contributed by atoms with Crippen molar-refractivity contribution in [3.8, 4) is 0 Å². The molecule has 3 heterocycles. The van der Waals surface area contributed by atoms with Crippen molar-refractivity contribution < 1.29 is 0 Å². The van der Waals surface area contributed by atoms with Crippen LogP contribution in [0.1, 0.15) is 41.6 Å². The Labute approximate surface area is 182 Å². The van der Waals surface area contributed by atoms with Gasteiger partial charge in [0.05, 0.1) is 13.1 Å². The van der Waals surface area contributed by atoms with E-state index < -0.39 is 0 Å². The van der Waals surface area contributed by atoms with Crippen LogP contribution in [0.25, 0.3) is 0 Å². The highest BCUT2D eigenvalue weighted by atomic mass is 127. The lowest BCUT2D eigenvalue weighted by Crippen LogP contribution is -2.36. The lowest BCUT2D eigenvalue weighted by atomic mass is 10.1. The number of aromatic nitrogens is 2. The zero-order valence-corrected chi connectivity index (χ0v) is 19.2. The lowest BCUT2D eigenvalue weighted by Gasteiger charge is -2.27. The molecule has 0 aromatic carbocycles. The Morgan fingerprint density at radius 1 is 1.22 bits per heavy atom. The summed E-state index contributed by atoms with van der Waals surface area (Å²) in [4.78, 5) is 17.3. The first-order chi connectivity index (χ1) is 12.7. The number of halogens is 1. The molecule has 0 unspecified atom stereocenters. The third kappa shape index (κ3) is 6.91. The molecule has 0 spiro atoms. The normalized spacial score (nSPS) is 14.6. The van der Waals surface area contributed by atoms with Gasteiger partial charge in [-0.25, -0.2) is 15.0 Å². The van der Waals surface area contributed by atoms with Gasteiger partial charge in [0.2, 0.25) is 0 Å². The third-order valence-electron chi connectivity index (χ3n) is 4.33. The molecule has 1 fully saturated rings. The molecule has 27 heavy (non-hydrogen) atoms. The number of thiazole rings is 1. The molecule has 1 aliphatic rings. The van der Waals surface area contributed by atoms with E-state index in [2.05, 4.69) is 45.4 Å². The van der Waals surface area contributed by atoms with E-state index >= 15 is 0 Å². The van der Waals surface area contributed by atoms with Gasteiger partial charge in [-0.3, -0.25) is 0 Å². The second-order valence-corrected chi connectivity index (χ2v) is 7.80. The Balaban J connectivity index is 0.00000261. The number of nitrogens with zero attached hydrogens (tertiary/aromatic N) is 4. The Kier molecular flexibility index (Phi) is 9.26. The van der Waals surface area contributed by atoms with Crippen molar-refractivity contribution in [3.63, 3.8) is 0 Å². The van der Waals surface area contributed by atoms with Crippen LogP contribution in [0.15, 0.2) is 29.5 Å². The molecule has 2 N–H and O–H groups in total. The van der Waals surface area contributed by atoms with E-state index in [1.54, 1.807) is 11.3 Å². The summed E-state index contributed by atoms with van der Waals surface area (Å²) in [7, 11) is 0. The first-order valence-electron chi connectivity index (χ1n) is 9.38. The average molecular weight is 500 g/mol. The van der Waals surface area contributed by atoms with Crippen molar-refractivity contribution in [1.82, 2.24) is 20.6 Å². The minimum atomic E-state index is 0. The van der Waals surface area contributed by atoms with Gasteiger partial charge in [0.1, 0.15) is 10.8 Å². The number of piperidine rings is 1. The molecule has 2 aromatic rings. The van der Waals surface area contributed by atoms with Crippen molar-refractivity contribution in [2.24, 2.45) is 4.99 Å². The van der Waals surface area contributed by atoms with E-state index in [-0.39, 0.29) is 24.0 Å². The SMILES string of the molecule is CCNC(=NCc1ccnc(N2CCCCC2)c1)NCc1ncc(C)s1.I.